The Balaban J connectivity index is 5.20. The van der Waals surface area contributed by atoms with E-state index in [1.54, 1.807) is 0 Å². The van der Waals surface area contributed by atoms with Gasteiger partial charge in [0.25, 0.3) is 0 Å². The fourth-order valence-electron chi connectivity index (χ4n) is 12.3. The summed E-state index contributed by atoms with van der Waals surface area (Å²) in [6.07, 6.45) is 61.1. The van der Waals surface area contributed by atoms with E-state index in [1.165, 1.54) is 231 Å². The molecular weight excluding hydrogens is 1290 g/mol. The molecule has 0 saturated carbocycles. The van der Waals surface area contributed by atoms with E-state index in [4.69, 9.17) is 37.0 Å². The Hall–Kier alpha value is -1.94. The smallest absolute Gasteiger partial charge is 0.462 e. The van der Waals surface area contributed by atoms with Crippen LogP contribution in [-0.2, 0) is 65.4 Å². The van der Waals surface area contributed by atoms with Gasteiger partial charge in [-0.1, -0.05) is 369 Å². The fourth-order valence-corrected chi connectivity index (χ4v) is 13.9. The second-order valence-corrected chi connectivity index (χ2v) is 32.4. The molecule has 0 fully saturated rings. The number of aliphatic hydroxyl groups excluding tert-OH is 1. The first kappa shape index (κ1) is 97.1. The van der Waals surface area contributed by atoms with Gasteiger partial charge in [0.05, 0.1) is 26.4 Å². The van der Waals surface area contributed by atoms with Crippen molar-refractivity contribution in [1.29, 1.82) is 0 Å². The van der Waals surface area contributed by atoms with E-state index in [2.05, 4.69) is 41.5 Å². The van der Waals surface area contributed by atoms with Gasteiger partial charge in [0.15, 0.2) is 12.2 Å². The number of esters is 4. The Morgan fingerprint density at radius 3 is 0.768 bits per heavy atom. The zero-order valence-electron chi connectivity index (χ0n) is 64.8. The molecule has 0 radical (unpaired) electrons. The van der Waals surface area contributed by atoms with Crippen molar-refractivity contribution in [1.82, 2.24) is 0 Å². The highest BCUT2D eigenvalue weighted by atomic mass is 31.2. The number of phosphoric acid groups is 2. The number of rotatable bonds is 79. The zero-order chi connectivity index (χ0) is 72.8. The molecule has 0 heterocycles. The highest BCUT2D eigenvalue weighted by Gasteiger charge is 2.30. The lowest BCUT2D eigenvalue weighted by atomic mass is 9.99. The van der Waals surface area contributed by atoms with Gasteiger partial charge in [-0.25, -0.2) is 9.13 Å². The van der Waals surface area contributed by atoms with Crippen molar-refractivity contribution in [2.75, 3.05) is 39.6 Å². The van der Waals surface area contributed by atoms with Crippen molar-refractivity contribution in [3.8, 4) is 0 Å². The maximum atomic E-state index is 13.1. The van der Waals surface area contributed by atoms with Crippen LogP contribution < -0.4 is 0 Å². The molecule has 0 aromatic heterocycles. The standard InChI is InChI=1S/C80H156O17P2/c1-7-10-12-14-16-18-20-22-31-34-38-44-50-56-62-77(82)90-68-75(96-80(85)65-59-53-46-40-36-32-28-26-24-23-25-27-30-33-37-43-49-55-61-73(6)9-3)70-94-98(86,87)92-66-74(81)67-93-99(88,89)95-71-76(69-91-78(83)63-57-51-47-41-42-48-54-60-72(4)5)97-79(84)64-58-52-45-39-35-29-21-19-17-15-13-11-8-2/h72-76,81H,7-71H2,1-6H3,(H,86,87)(H,88,89)/t73?,74-,75-,76-/m1/s1. The predicted molar refractivity (Wildman–Crippen MR) is 405 cm³/mol. The van der Waals surface area contributed by atoms with E-state index in [9.17, 15) is 43.2 Å². The van der Waals surface area contributed by atoms with Gasteiger partial charge in [-0.15, -0.1) is 0 Å². The van der Waals surface area contributed by atoms with Crippen LogP contribution in [0.1, 0.15) is 420 Å². The summed E-state index contributed by atoms with van der Waals surface area (Å²) in [5, 5.41) is 10.6. The van der Waals surface area contributed by atoms with Gasteiger partial charge in [-0.05, 0) is 37.5 Å². The van der Waals surface area contributed by atoms with Gasteiger partial charge in [0.1, 0.15) is 19.3 Å². The normalized spacial score (nSPS) is 14.2. The topological polar surface area (TPSA) is 237 Å². The largest absolute Gasteiger partial charge is 0.472 e. The van der Waals surface area contributed by atoms with Crippen LogP contribution >= 0.6 is 15.6 Å². The molecule has 0 aromatic carbocycles. The lowest BCUT2D eigenvalue weighted by Crippen LogP contribution is -2.30. The molecule has 0 amide bonds. The zero-order valence-corrected chi connectivity index (χ0v) is 66.6. The maximum Gasteiger partial charge on any atom is 0.472 e. The molecule has 0 aliphatic rings. The van der Waals surface area contributed by atoms with Crippen LogP contribution in [0.25, 0.3) is 0 Å². The lowest BCUT2D eigenvalue weighted by Gasteiger charge is -2.21. The van der Waals surface area contributed by atoms with Crippen LogP contribution in [0.4, 0.5) is 0 Å². The molecule has 588 valence electrons. The van der Waals surface area contributed by atoms with Crippen molar-refractivity contribution in [3.63, 3.8) is 0 Å². The number of carbonyl (C=O) groups excluding carboxylic acids is 4. The summed E-state index contributed by atoms with van der Waals surface area (Å²) in [6, 6.07) is 0. The predicted octanol–water partition coefficient (Wildman–Crippen LogP) is 23.9. The third kappa shape index (κ3) is 72.8. The molecule has 99 heavy (non-hydrogen) atoms. The molecule has 3 N–H and O–H groups in total. The van der Waals surface area contributed by atoms with E-state index in [0.29, 0.717) is 31.6 Å². The Labute approximate surface area is 607 Å². The third-order valence-electron chi connectivity index (χ3n) is 19.1. The SMILES string of the molecule is CCCCCCCCCCCCCCCCC(=O)OC[C@H](COP(=O)(O)OC[C@@H](O)COP(=O)(O)OC[C@@H](COC(=O)CCCCCCCCCC(C)C)OC(=O)CCCCCCCCCCCCCCC)OC(=O)CCCCCCCCCCCCCCCCCCCCC(C)CC. The molecule has 0 aromatic rings. The van der Waals surface area contributed by atoms with Crippen molar-refractivity contribution in [2.24, 2.45) is 11.8 Å². The highest BCUT2D eigenvalue weighted by molar-refractivity contribution is 7.47. The molecule has 17 nitrogen and oxygen atoms in total. The molecule has 0 saturated heterocycles. The van der Waals surface area contributed by atoms with Crippen LogP contribution in [0.5, 0.6) is 0 Å². The summed E-state index contributed by atoms with van der Waals surface area (Å²) in [7, 11) is -9.92. The minimum Gasteiger partial charge on any atom is -0.462 e. The second-order valence-electron chi connectivity index (χ2n) is 29.5. The average molecular weight is 1450 g/mol. The Morgan fingerprint density at radius 2 is 0.515 bits per heavy atom. The number of carbonyl (C=O) groups is 4. The van der Waals surface area contributed by atoms with Crippen LogP contribution in [0.15, 0.2) is 0 Å². The van der Waals surface area contributed by atoms with Crippen LogP contribution in [0, 0.1) is 11.8 Å². The average Bonchev–Trinajstić information content (AvgIpc) is 0.972. The number of hydrogen-bond acceptors (Lipinski definition) is 15. The highest BCUT2D eigenvalue weighted by Crippen LogP contribution is 2.45. The van der Waals surface area contributed by atoms with Crippen molar-refractivity contribution in [2.45, 2.75) is 439 Å². The van der Waals surface area contributed by atoms with Crippen molar-refractivity contribution < 1.29 is 80.2 Å². The van der Waals surface area contributed by atoms with Gasteiger partial charge in [0, 0.05) is 25.7 Å². The number of hydrogen-bond donors (Lipinski definition) is 3. The maximum absolute atomic E-state index is 13.1. The summed E-state index contributed by atoms with van der Waals surface area (Å²) in [6.45, 7) is 9.64. The summed E-state index contributed by atoms with van der Waals surface area (Å²) in [5.41, 5.74) is 0. The molecule has 19 heteroatoms. The summed E-state index contributed by atoms with van der Waals surface area (Å²) in [4.78, 5) is 72.9. The second kappa shape index (κ2) is 71.7. The Morgan fingerprint density at radius 1 is 0.293 bits per heavy atom. The Kier molecular flexibility index (Phi) is 70.3. The van der Waals surface area contributed by atoms with E-state index < -0.39 is 97.5 Å². The minimum absolute atomic E-state index is 0.107. The molecule has 3 unspecified atom stereocenters. The van der Waals surface area contributed by atoms with Gasteiger partial charge in [-0.2, -0.15) is 0 Å². The van der Waals surface area contributed by atoms with Crippen LogP contribution in [0.2, 0.25) is 0 Å². The van der Waals surface area contributed by atoms with Gasteiger partial charge in [0.2, 0.25) is 0 Å². The summed E-state index contributed by atoms with van der Waals surface area (Å²) < 4.78 is 68.6. The first-order chi connectivity index (χ1) is 47.9. The molecular formula is C80H156O17P2. The molecule has 0 rings (SSSR count). The van der Waals surface area contributed by atoms with Crippen molar-refractivity contribution >= 4 is 39.5 Å². The quantitative estimate of drug-likeness (QED) is 0.0222. The first-order valence-corrected chi connectivity index (χ1v) is 44.5. The van der Waals surface area contributed by atoms with Gasteiger partial charge >= 0.3 is 39.5 Å². The van der Waals surface area contributed by atoms with E-state index >= 15 is 0 Å². The molecule has 0 bridgehead atoms. The lowest BCUT2D eigenvalue weighted by molar-refractivity contribution is -0.161. The van der Waals surface area contributed by atoms with E-state index in [0.717, 1.165) is 102 Å². The third-order valence-corrected chi connectivity index (χ3v) is 21.0. The van der Waals surface area contributed by atoms with Crippen molar-refractivity contribution in [3.05, 3.63) is 0 Å². The number of ether oxygens (including phenoxy) is 4. The molecule has 6 atom stereocenters. The van der Waals surface area contributed by atoms with Gasteiger partial charge < -0.3 is 33.8 Å². The van der Waals surface area contributed by atoms with E-state index in [1.807, 2.05) is 0 Å². The molecule has 0 aliphatic heterocycles. The number of aliphatic hydroxyl groups is 1. The van der Waals surface area contributed by atoms with Crippen LogP contribution in [0.3, 0.4) is 0 Å². The monoisotopic (exact) mass is 1450 g/mol. The molecule has 0 aliphatic carbocycles. The molecule has 0 spiro atoms. The number of phosphoric ester groups is 2. The summed E-state index contributed by atoms with van der Waals surface area (Å²) in [5.74, 6) is -0.533. The summed E-state index contributed by atoms with van der Waals surface area (Å²) >= 11 is 0. The van der Waals surface area contributed by atoms with E-state index in [-0.39, 0.29) is 25.7 Å². The minimum atomic E-state index is -4.96. The van der Waals surface area contributed by atoms with Crippen LogP contribution in [-0.4, -0.2) is 96.7 Å². The van der Waals surface area contributed by atoms with Gasteiger partial charge in [-0.3, -0.25) is 37.3 Å². The number of unbranched alkanes of at least 4 members (excludes halogenated alkanes) is 48. The first-order valence-electron chi connectivity index (χ1n) is 41.5. The Bertz CT molecular complexity index is 1910. The fraction of sp³-hybridized carbons (Fsp3) is 0.950.